The molecule has 0 aliphatic heterocycles. The van der Waals surface area contributed by atoms with E-state index in [-0.39, 0.29) is 5.91 Å². The molecule has 0 bridgehead atoms. The van der Waals surface area contributed by atoms with E-state index in [9.17, 15) is 9.59 Å². The molecule has 4 rings (SSSR count). The van der Waals surface area contributed by atoms with Gasteiger partial charge in [-0.3, -0.25) is 4.79 Å². The fraction of sp³-hybridized carbons (Fsp3) is 0.192. The third kappa shape index (κ3) is 5.09. The van der Waals surface area contributed by atoms with Crippen LogP contribution in [0.25, 0.3) is 10.8 Å². The number of aryl methyl sites for hydroxylation is 2. The maximum Gasteiger partial charge on any atom is 0.340 e. The van der Waals surface area contributed by atoms with Crippen LogP contribution in [0.4, 0.5) is 5.69 Å². The minimum absolute atomic E-state index is 0.388. The van der Waals surface area contributed by atoms with Crippen LogP contribution in [-0.2, 0) is 15.3 Å². The van der Waals surface area contributed by atoms with Gasteiger partial charge < -0.3 is 14.6 Å². The van der Waals surface area contributed by atoms with E-state index in [1.54, 1.807) is 19.1 Å². The van der Waals surface area contributed by atoms with E-state index >= 15 is 0 Å². The number of hydrogen-bond acceptors (Lipinski definition) is 6. The molecule has 1 heterocycles. The maximum absolute atomic E-state index is 12.9. The Kier molecular flexibility index (Phi) is 6.79. The summed E-state index contributed by atoms with van der Waals surface area (Å²) in [4.78, 5) is 26.4. The minimum atomic E-state index is -0.961. The lowest BCUT2D eigenvalue weighted by Gasteiger charge is -2.16. The molecule has 0 saturated heterocycles. The number of esters is 1. The molecule has 168 valence electrons. The molecule has 33 heavy (non-hydrogen) atoms. The molecule has 0 spiro atoms. The minimum Gasteiger partial charge on any atom is -0.449 e. The first-order chi connectivity index (χ1) is 15.9. The van der Waals surface area contributed by atoms with Gasteiger partial charge in [0.1, 0.15) is 5.76 Å². The standard InChI is InChI=1S/C26H24N2O4S/c1-16-22(17(2)32-28-16)15-33-24-14-7-6-12-21(24)26(30)31-18(3)25(29)27-23-13-8-10-19-9-4-5-11-20(19)23/h4-14,18H,15H2,1-3H3,(H,27,29)/t18-/m1/s1. The first-order valence-corrected chi connectivity index (χ1v) is 11.6. The third-order valence-corrected chi connectivity index (χ3v) is 6.46. The van der Waals surface area contributed by atoms with E-state index in [2.05, 4.69) is 10.5 Å². The molecule has 7 heteroatoms. The average Bonchev–Trinajstić information content (AvgIpc) is 3.15. The lowest BCUT2D eigenvalue weighted by molar-refractivity contribution is -0.123. The molecule has 6 nitrogen and oxygen atoms in total. The molecular formula is C26H24N2O4S. The summed E-state index contributed by atoms with van der Waals surface area (Å²) in [6.07, 6.45) is -0.961. The Morgan fingerprint density at radius 2 is 1.76 bits per heavy atom. The number of aromatic nitrogens is 1. The Morgan fingerprint density at radius 3 is 2.55 bits per heavy atom. The normalized spacial score (nSPS) is 11.8. The lowest BCUT2D eigenvalue weighted by Crippen LogP contribution is -2.30. The third-order valence-electron chi connectivity index (χ3n) is 5.36. The summed E-state index contributed by atoms with van der Waals surface area (Å²) in [5.74, 6) is 0.444. The van der Waals surface area contributed by atoms with Crippen molar-refractivity contribution < 1.29 is 18.8 Å². The van der Waals surface area contributed by atoms with E-state index in [0.717, 1.165) is 32.7 Å². The summed E-state index contributed by atoms with van der Waals surface area (Å²) < 4.78 is 10.7. The average molecular weight is 461 g/mol. The van der Waals surface area contributed by atoms with E-state index in [1.807, 2.05) is 68.4 Å². The van der Waals surface area contributed by atoms with Gasteiger partial charge in [-0.1, -0.05) is 53.7 Å². The summed E-state index contributed by atoms with van der Waals surface area (Å²) in [5, 5.41) is 8.79. The van der Waals surface area contributed by atoms with Crippen LogP contribution in [0.1, 0.15) is 34.3 Å². The van der Waals surface area contributed by atoms with Crippen molar-refractivity contribution in [3.8, 4) is 0 Å². The van der Waals surface area contributed by atoms with Crippen LogP contribution in [-0.4, -0.2) is 23.1 Å². The van der Waals surface area contributed by atoms with Crippen molar-refractivity contribution in [1.29, 1.82) is 0 Å². The molecule has 1 aromatic heterocycles. The zero-order valence-corrected chi connectivity index (χ0v) is 19.4. The molecule has 1 atom stereocenters. The molecule has 0 saturated carbocycles. The maximum atomic E-state index is 12.9. The van der Waals surface area contributed by atoms with E-state index in [4.69, 9.17) is 9.26 Å². The Hall–Kier alpha value is -3.58. The molecular weight excluding hydrogens is 436 g/mol. The zero-order valence-electron chi connectivity index (χ0n) is 18.6. The summed E-state index contributed by atoms with van der Waals surface area (Å²) in [6, 6.07) is 20.7. The highest BCUT2D eigenvalue weighted by Crippen LogP contribution is 2.29. The molecule has 3 aromatic carbocycles. The first kappa shape index (κ1) is 22.6. The van der Waals surface area contributed by atoms with Gasteiger partial charge in [-0.2, -0.15) is 0 Å². The number of ether oxygens (including phenoxy) is 1. The number of thioether (sulfide) groups is 1. The second-order valence-electron chi connectivity index (χ2n) is 7.65. The van der Waals surface area contributed by atoms with Crippen LogP contribution in [0.15, 0.2) is 76.1 Å². The first-order valence-electron chi connectivity index (χ1n) is 10.6. The van der Waals surface area contributed by atoms with Crippen molar-refractivity contribution in [2.45, 2.75) is 37.5 Å². The predicted molar refractivity (Wildman–Crippen MR) is 129 cm³/mol. The van der Waals surface area contributed by atoms with E-state index in [0.29, 0.717) is 17.0 Å². The van der Waals surface area contributed by atoms with Gasteiger partial charge in [0.05, 0.1) is 11.3 Å². The lowest BCUT2D eigenvalue weighted by atomic mass is 10.1. The number of carbonyl (C=O) groups is 2. The van der Waals surface area contributed by atoms with Crippen LogP contribution in [0.3, 0.4) is 0 Å². The fourth-order valence-corrected chi connectivity index (χ4v) is 4.66. The Labute approximate surface area is 196 Å². The van der Waals surface area contributed by atoms with Crippen molar-refractivity contribution in [1.82, 2.24) is 5.16 Å². The largest absolute Gasteiger partial charge is 0.449 e. The highest BCUT2D eigenvalue weighted by atomic mass is 32.2. The van der Waals surface area contributed by atoms with E-state index in [1.165, 1.54) is 11.8 Å². The second-order valence-corrected chi connectivity index (χ2v) is 8.67. The predicted octanol–water partition coefficient (Wildman–Crippen LogP) is 5.92. The van der Waals surface area contributed by atoms with Crippen molar-refractivity contribution in [3.05, 3.63) is 89.3 Å². The van der Waals surface area contributed by atoms with Crippen LogP contribution < -0.4 is 5.32 Å². The van der Waals surface area contributed by atoms with Crippen molar-refractivity contribution in [3.63, 3.8) is 0 Å². The van der Waals surface area contributed by atoms with Gasteiger partial charge in [-0.15, -0.1) is 11.8 Å². The summed E-state index contributed by atoms with van der Waals surface area (Å²) in [7, 11) is 0. The Bertz CT molecular complexity index is 1290. The summed E-state index contributed by atoms with van der Waals surface area (Å²) >= 11 is 1.50. The highest BCUT2D eigenvalue weighted by Gasteiger charge is 2.22. The molecule has 0 aliphatic carbocycles. The highest BCUT2D eigenvalue weighted by molar-refractivity contribution is 7.98. The molecule has 1 amide bonds. The number of amides is 1. The summed E-state index contributed by atoms with van der Waals surface area (Å²) in [5.41, 5.74) is 2.93. The van der Waals surface area contributed by atoms with Gasteiger partial charge in [0.2, 0.25) is 0 Å². The van der Waals surface area contributed by atoms with Gasteiger partial charge >= 0.3 is 5.97 Å². The van der Waals surface area contributed by atoms with E-state index < -0.39 is 12.1 Å². The van der Waals surface area contributed by atoms with Gasteiger partial charge in [0.15, 0.2) is 6.10 Å². The molecule has 0 fully saturated rings. The number of anilines is 1. The van der Waals surface area contributed by atoms with Crippen molar-refractivity contribution in [2.75, 3.05) is 5.32 Å². The molecule has 0 radical (unpaired) electrons. The Morgan fingerprint density at radius 1 is 1.03 bits per heavy atom. The number of rotatable bonds is 7. The van der Waals surface area contributed by atoms with Crippen LogP contribution in [0, 0.1) is 13.8 Å². The molecule has 0 unspecified atom stereocenters. The molecule has 4 aromatic rings. The fourth-order valence-electron chi connectivity index (χ4n) is 3.47. The van der Waals surface area contributed by atoms with Gasteiger partial charge in [0, 0.05) is 27.3 Å². The van der Waals surface area contributed by atoms with Crippen molar-refractivity contribution >= 4 is 40.1 Å². The number of carbonyl (C=O) groups excluding carboxylic acids is 2. The van der Waals surface area contributed by atoms with Crippen LogP contribution >= 0.6 is 11.8 Å². The van der Waals surface area contributed by atoms with Crippen LogP contribution in [0.5, 0.6) is 0 Å². The van der Waals surface area contributed by atoms with Gasteiger partial charge in [-0.25, -0.2) is 4.79 Å². The monoisotopic (exact) mass is 460 g/mol. The number of fused-ring (bicyclic) bond motifs is 1. The van der Waals surface area contributed by atoms with Gasteiger partial charge in [0.25, 0.3) is 5.91 Å². The molecule has 0 aliphatic rings. The van der Waals surface area contributed by atoms with Crippen LogP contribution in [0.2, 0.25) is 0 Å². The topological polar surface area (TPSA) is 81.4 Å². The van der Waals surface area contributed by atoms with Gasteiger partial charge in [-0.05, 0) is 44.4 Å². The summed E-state index contributed by atoms with van der Waals surface area (Å²) in [6.45, 7) is 5.33. The molecule has 1 N–H and O–H groups in total. The number of nitrogens with zero attached hydrogens (tertiary/aromatic N) is 1. The Balaban J connectivity index is 1.44. The second kappa shape index (κ2) is 9.92. The number of benzene rings is 3. The number of hydrogen-bond donors (Lipinski definition) is 1. The quantitative estimate of drug-likeness (QED) is 0.272. The number of nitrogens with one attached hydrogen (secondary N) is 1. The SMILES string of the molecule is Cc1noc(C)c1CSc1ccccc1C(=O)O[C@H](C)C(=O)Nc1cccc2ccccc12. The zero-order chi connectivity index (χ0) is 23.4. The van der Waals surface area contributed by atoms with Crippen molar-refractivity contribution in [2.24, 2.45) is 0 Å². The smallest absolute Gasteiger partial charge is 0.340 e.